The van der Waals surface area contributed by atoms with Crippen LogP contribution < -0.4 is 4.31 Å². The van der Waals surface area contributed by atoms with Crippen LogP contribution in [0.3, 0.4) is 0 Å². The van der Waals surface area contributed by atoms with Gasteiger partial charge in [0.05, 0.1) is 10.6 Å². The van der Waals surface area contributed by atoms with Gasteiger partial charge in [-0.3, -0.25) is 4.31 Å². The maximum Gasteiger partial charge on any atom is 0.265 e. The van der Waals surface area contributed by atoms with Gasteiger partial charge in [0.2, 0.25) is 11.8 Å². The summed E-state index contributed by atoms with van der Waals surface area (Å²) in [5.74, 6) is 0.799. The van der Waals surface area contributed by atoms with E-state index >= 15 is 0 Å². The Bertz CT molecular complexity index is 973. The molecule has 0 aliphatic carbocycles. The summed E-state index contributed by atoms with van der Waals surface area (Å²) >= 11 is 0. The largest absolute Gasteiger partial charge is 0.423 e. The first-order chi connectivity index (χ1) is 10.6. The lowest BCUT2D eigenvalue weighted by Crippen LogP contribution is -2.26. The van der Waals surface area contributed by atoms with Crippen molar-refractivity contribution in [2.75, 3.05) is 4.31 Å². The highest BCUT2D eigenvalue weighted by atomic mass is 32.2. The van der Waals surface area contributed by atoms with Gasteiger partial charge in [-0.2, -0.15) is 0 Å². The molecular weight excluding hydrogens is 302 g/mol. The van der Waals surface area contributed by atoms with Crippen LogP contribution in [0.15, 0.2) is 45.7 Å². The Balaban J connectivity index is 1.86. The lowest BCUT2D eigenvalue weighted by atomic mass is 10.1. The average molecular weight is 315 g/mol. The Morgan fingerprint density at radius 2 is 1.82 bits per heavy atom. The lowest BCUT2D eigenvalue weighted by Gasteiger charge is -2.16. The zero-order valence-corrected chi connectivity index (χ0v) is 12.7. The molecule has 0 spiro atoms. The minimum absolute atomic E-state index is 0.0448. The zero-order valence-electron chi connectivity index (χ0n) is 11.9. The lowest BCUT2D eigenvalue weighted by molar-refractivity contribution is 0.455. The van der Waals surface area contributed by atoms with Crippen LogP contribution in [0.5, 0.6) is 0 Å². The van der Waals surface area contributed by atoms with E-state index in [0.29, 0.717) is 28.8 Å². The van der Waals surface area contributed by atoms with E-state index in [1.807, 2.05) is 25.1 Å². The summed E-state index contributed by atoms with van der Waals surface area (Å²) in [5, 5.41) is 9.46. The minimum atomic E-state index is -3.59. The summed E-state index contributed by atoms with van der Waals surface area (Å²) in [6, 6.07) is 10.8. The maximum absolute atomic E-state index is 12.8. The summed E-state index contributed by atoms with van der Waals surface area (Å²) in [5.41, 5.74) is 0.657. The summed E-state index contributed by atoms with van der Waals surface area (Å²) in [7, 11) is -3.59. The van der Waals surface area contributed by atoms with Gasteiger partial charge in [-0.1, -0.05) is 31.2 Å². The number of rotatable bonds is 3. The van der Waals surface area contributed by atoms with Gasteiger partial charge in [0.15, 0.2) is 0 Å². The molecule has 1 aliphatic rings. The molecule has 2 heterocycles. The van der Waals surface area contributed by atoms with Crippen molar-refractivity contribution in [1.29, 1.82) is 0 Å². The van der Waals surface area contributed by atoms with Crippen LogP contribution in [0.4, 0.5) is 5.69 Å². The molecule has 0 saturated carbocycles. The molecule has 3 aromatic rings. The Kier molecular flexibility index (Phi) is 2.74. The highest BCUT2D eigenvalue weighted by Gasteiger charge is 2.36. The van der Waals surface area contributed by atoms with Crippen molar-refractivity contribution in [3.63, 3.8) is 0 Å². The third-order valence-electron chi connectivity index (χ3n) is 3.77. The third-order valence-corrected chi connectivity index (χ3v) is 5.57. The van der Waals surface area contributed by atoms with Crippen molar-refractivity contribution in [1.82, 2.24) is 10.2 Å². The van der Waals surface area contributed by atoms with E-state index in [1.54, 1.807) is 18.2 Å². The summed E-state index contributed by atoms with van der Waals surface area (Å²) in [6.07, 6.45) is 0.621. The van der Waals surface area contributed by atoms with Gasteiger partial charge < -0.3 is 4.42 Å². The Hall–Kier alpha value is -2.41. The van der Waals surface area contributed by atoms with Crippen molar-refractivity contribution in [2.45, 2.75) is 24.8 Å². The van der Waals surface area contributed by atoms with Crippen molar-refractivity contribution >= 4 is 26.5 Å². The summed E-state index contributed by atoms with van der Waals surface area (Å²) < 4.78 is 32.3. The van der Waals surface area contributed by atoms with Gasteiger partial charge in [0.1, 0.15) is 6.54 Å². The smallest absolute Gasteiger partial charge is 0.265 e. The molecule has 22 heavy (non-hydrogen) atoms. The van der Waals surface area contributed by atoms with Gasteiger partial charge in [0, 0.05) is 11.8 Å². The molecule has 2 aromatic carbocycles. The van der Waals surface area contributed by atoms with Crippen LogP contribution in [-0.2, 0) is 23.0 Å². The molecule has 112 valence electrons. The highest BCUT2D eigenvalue weighted by molar-refractivity contribution is 7.93. The summed E-state index contributed by atoms with van der Waals surface area (Å²) in [4.78, 5) is 0.329. The number of nitrogens with zero attached hydrogens (tertiary/aromatic N) is 3. The van der Waals surface area contributed by atoms with E-state index in [1.165, 1.54) is 4.31 Å². The predicted molar refractivity (Wildman–Crippen MR) is 81.0 cm³/mol. The number of hydrogen-bond acceptors (Lipinski definition) is 5. The first-order valence-corrected chi connectivity index (χ1v) is 8.41. The van der Waals surface area contributed by atoms with Gasteiger partial charge in [-0.15, -0.1) is 10.2 Å². The third kappa shape index (κ3) is 1.75. The van der Waals surface area contributed by atoms with E-state index in [-0.39, 0.29) is 6.54 Å². The SMILES string of the molecule is CCc1nnc(CN2c3cccc4cccc(c34)S2(=O)=O)o1. The fourth-order valence-electron chi connectivity index (χ4n) is 2.75. The molecule has 0 radical (unpaired) electrons. The van der Waals surface area contributed by atoms with Crippen molar-refractivity contribution in [3.05, 3.63) is 48.2 Å². The van der Waals surface area contributed by atoms with Gasteiger partial charge in [-0.25, -0.2) is 8.42 Å². The maximum atomic E-state index is 12.8. The second kappa shape index (κ2) is 4.54. The van der Waals surface area contributed by atoms with Crippen LogP contribution in [0.25, 0.3) is 10.8 Å². The number of hydrogen-bond donors (Lipinski definition) is 0. The Morgan fingerprint density at radius 3 is 2.55 bits per heavy atom. The van der Waals surface area contributed by atoms with Crippen LogP contribution in [0, 0.1) is 0 Å². The van der Waals surface area contributed by atoms with Gasteiger partial charge in [-0.05, 0) is 17.5 Å². The van der Waals surface area contributed by atoms with Crippen LogP contribution in [0.1, 0.15) is 18.7 Å². The molecule has 0 amide bonds. The monoisotopic (exact) mass is 315 g/mol. The number of anilines is 1. The van der Waals surface area contributed by atoms with Crippen molar-refractivity contribution in [2.24, 2.45) is 0 Å². The first kappa shape index (κ1) is 13.3. The fourth-order valence-corrected chi connectivity index (χ4v) is 4.41. The molecule has 0 fully saturated rings. The number of aromatic nitrogens is 2. The first-order valence-electron chi connectivity index (χ1n) is 6.97. The molecule has 4 rings (SSSR count). The molecule has 1 aromatic heterocycles. The standard InChI is InChI=1S/C15H13N3O3S/c1-2-13-16-17-14(21-13)9-18-11-7-3-5-10-6-4-8-12(15(10)11)22(18,19)20/h3-8H,2,9H2,1H3. The molecule has 0 N–H and O–H groups in total. The summed E-state index contributed by atoms with van der Waals surface area (Å²) in [6.45, 7) is 1.95. The number of benzene rings is 2. The quantitative estimate of drug-likeness (QED) is 0.742. The van der Waals surface area contributed by atoms with Crippen LogP contribution >= 0.6 is 0 Å². The molecular formula is C15H13N3O3S. The topological polar surface area (TPSA) is 76.3 Å². The van der Waals surface area contributed by atoms with E-state index in [9.17, 15) is 8.42 Å². The normalized spacial score (nSPS) is 15.6. The van der Waals surface area contributed by atoms with E-state index in [0.717, 1.165) is 10.8 Å². The Morgan fingerprint density at radius 1 is 1.09 bits per heavy atom. The molecule has 7 heteroatoms. The number of sulfonamides is 1. The average Bonchev–Trinajstić information content (AvgIpc) is 3.06. The minimum Gasteiger partial charge on any atom is -0.423 e. The van der Waals surface area contributed by atoms with Gasteiger partial charge in [0.25, 0.3) is 10.0 Å². The molecule has 0 saturated heterocycles. The second-order valence-electron chi connectivity index (χ2n) is 5.09. The van der Waals surface area contributed by atoms with Crippen molar-refractivity contribution < 1.29 is 12.8 Å². The van der Waals surface area contributed by atoms with Crippen LogP contribution in [0.2, 0.25) is 0 Å². The molecule has 6 nitrogen and oxygen atoms in total. The highest BCUT2D eigenvalue weighted by Crippen LogP contribution is 2.42. The molecule has 0 bridgehead atoms. The van der Waals surface area contributed by atoms with E-state index < -0.39 is 10.0 Å². The van der Waals surface area contributed by atoms with Crippen molar-refractivity contribution in [3.8, 4) is 0 Å². The molecule has 0 unspecified atom stereocenters. The van der Waals surface area contributed by atoms with E-state index in [2.05, 4.69) is 10.2 Å². The molecule has 0 atom stereocenters. The Labute approximate surface area is 127 Å². The number of aryl methyl sites for hydroxylation is 1. The van der Waals surface area contributed by atoms with E-state index in [4.69, 9.17) is 4.42 Å². The predicted octanol–water partition coefficient (Wildman–Crippen LogP) is 2.49. The fraction of sp³-hybridized carbons (Fsp3) is 0.200. The van der Waals surface area contributed by atoms with Crippen LogP contribution in [-0.4, -0.2) is 18.6 Å². The zero-order chi connectivity index (χ0) is 15.3. The van der Waals surface area contributed by atoms with Gasteiger partial charge >= 0.3 is 0 Å². The second-order valence-corrected chi connectivity index (χ2v) is 6.92. The molecule has 1 aliphatic heterocycles.